The van der Waals surface area contributed by atoms with Gasteiger partial charge in [-0.1, -0.05) is 46.3 Å². The number of fused-ring (bicyclic) bond motifs is 1. The van der Waals surface area contributed by atoms with Gasteiger partial charge >= 0.3 is 0 Å². The fourth-order valence-corrected chi connectivity index (χ4v) is 6.97. The van der Waals surface area contributed by atoms with Crippen molar-refractivity contribution in [1.29, 1.82) is 0 Å². The highest BCUT2D eigenvalue weighted by molar-refractivity contribution is 6.26. The molecule has 4 rings (SSSR count). The zero-order chi connectivity index (χ0) is 22.8. The van der Waals surface area contributed by atoms with Gasteiger partial charge in [-0.05, 0) is 56.3 Å². The Morgan fingerprint density at radius 1 is 1.26 bits per heavy atom. The predicted molar refractivity (Wildman–Crippen MR) is 120 cm³/mol. The Morgan fingerprint density at radius 3 is 2.48 bits per heavy atom. The van der Waals surface area contributed by atoms with Crippen LogP contribution in [-0.2, 0) is 14.3 Å². The summed E-state index contributed by atoms with van der Waals surface area (Å²) >= 11 is 0. The first-order chi connectivity index (χ1) is 14.5. The van der Waals surface area contributed by atoms with Gasteiger partial charge in [0.25, 0.3) is 5.91 Å². The summed E-state index contributed by atoms with van der Waals surface area (Å²) in [6.45, 7) is 12.7. The summed E-state index contributed by atoms with van der Waals surface area (Å²) in [6, 6.07) is -0.487. The van der Waals surface area contributed by atoms with Gasteiger partial charge in [-0.25, -0.2) is 0 Å². The van der Waals surface area contributed by atoms with Gasteiger partial charge in [-0.3, -0.25) is 9.59 Å². The van der Waals surface area contributed by atoms with Crippen LogP contribution in [0.5, 0.6) is 0 Å². The fraction of sp³-hybridized carbons (Fsp3) is 0.769. The molecule has 4 aliphatic rings. The Hall–Kier alpha value is -1.62. The number of aliphatic hydroxyl groups is 1. The minimum absolute atomic E-state index is 0.0160. The number of hydrogen-bond acceptors (Lipinski definition) is 4. The van der Waals surface area contributed by atoms with Crippen LogP contribution in [0.1, 0.15) is 60.8 Å². The van der Waals surface area contributed by atoms with Gasteiger partial charge in [-0.2, -0.15) is 0 Å². The lowest BCUT2D eigenvalue weighted by Crippen LogP contribution is -2.45. The van der Waals surface area contributed by atoms with E-state index < -0.39 is 6.04 Å². The van der Waals surface area contributed by atoms with Crippen LogP contribution in [0.3, 0.4) is 0 Å². The van der Waals surface area contributed by atoms with Crippen LogP contribution in [0, 0.1) is 41.4 Å². The largest absolute Gasteiger partial charge is 0.511 e. The number of ketones is 1. The summed E-state index contributed by atoms with van der Waals surface area (Å²) in [7, 11) is 1.69. The van der Waals surface area contributed by atoms with Crippen molar-refractivity contribution in [3.05, 3.63) is 23.5 Å². The molecule has 2 aliphatic carbocycles. The quantitative estimate of drug-likeness (QED) is 0.234. The summed E-state index contributed by atoms with van der Waals surface area (Å²) in [4.78, 5) is 28.1. The number of epoxide rings is 1. The van der Waals surface area contributed by atoms with E-state index in [0.717, 1.165) is 19.3 Å². The van der Waals surface area contributed by atoms with Gasteiger partial charge in [0.2, 0.25) is 0 Å². The first-order valence-corrected chi connectivity index (χ1v) is 12.1. The molecule has 0 bridgehead atoms. The molecule has 31 heavy (non-hydrogen) atoms. The SMILES string of the molecule is CC[C@@H](C)[C@H]1C(=O)/C(=C(/O)[C@@H]2[C@H]3[C@H](C)C[C@H](C)C[C@H]3C=C[C@H]2[C@@]2(C)O[C@@H]2C)C(=O)N1C. The Bertz CT molecular complexity index is 831. The summed E-state index contributed by atoms with van der Waals surface area (Å²) < 4.78 is 6.01. The second-order valence-corrected chi connectivity index (χ2v) is 11.0. The van der Waals surface area contributed by atoms with E-state index in [-0.39, 0.29) is 58.4 Å². The Morgan fingerprint density at radius 2 is 1.90 bits per heavy atom. The number of Topliss-reactive ketones (excluding diaryl/α,β-unsaturated/α-hetero) is 1. The number of allylic oxidation sites excluding steroid dienone is 2. The first-order valence-electron chi connectivity index (χ1n) is 12.1. The van der Waals surface area contributed by atoms with Crippen molar-refractivity contribution in [3.63, 3.8) is 0 Å². The molecule has 2 heterocycles. The van der Waals surface area contributed by atoms with Crippen molar-refractivity contribution in [2.45, 2.75) is 78.6 Å². The van der Waals surface area contributed by atoms with Crippen LogP contribution in [-0.4, -0.2) is 46.5 Å². The molecule has 5 heteroatoms. The summed E-state index contributed by atoms with van der Waals surface area (Å²) in [6.07, 6.45) is 7.62. The number of likely N-dealkylation sites (tertiary alicyclic amines) is 1. The maximum Gasteiger partial charge on any atom is 0.261 e. The number of rotatable bonds is 4. The highest BCUT2D eigenvalue weighted by atomic mass is 16.6. The van der Waals surface area contributed by atoms with Gasteiger partial charge in [0.1, 0.15) is 11.3 Å². The molecule has 0 radical (unpaired) electrons. The number of carbonyl (C=O) groups is 2. The standard InChI is InChI=1S/C26H39NO4/c1-8-14(3)22-24(29)21(25(30)27(22)7)23(28)20-18(26(6)16(5)31-26)10-9-17-12-13(2)11-15(4)19(17)20/h9-10,13-20,22,28H,8,11-12H2,1-7H3/b23-21-/t13-,14+,15+,16+,17+,18+,19-,20-,22-,26-/m0/s1. The van der Waals surface area contributed by atoms with E-state index in [1.807, 2.05) is 13.8 Å². The Kier molecular flexibility index (Phi) is 5.65. The van der Waals surface area contributed by atoms with E-state index in [1.165, 1.54) is 4.90 Å². The maximum atomic E-state index is 13.4. The Labute approximate surface area is 186 Å². The number of likely N-dealkylation sites (N-methyl/N-ethyl adjacent to an activating group) is 1. The second kappa shape index (κ2) is 7.75. The van der Waals surface area contributed by atoms with Crippen molar-refractivity contribution < 1.29 is 19.4 Å². The van der Waals surface area contributed by atoms with Crippen LogP contribution in [0.15, 0.2) is 23.5 Å². The predicted octanol–water partition coefficient (Wildman–Crippen LogP) is 4.53. The molecule has 0 spiro atoms. The van der Waals surface area contributed by atoms with E-state index in [9.17, 15) is 14.7 Å². The minimum Gasteiger partial charge on any atom is -0.511 e. The van der Waals surface area contributed by atoms with Gasteiger partial charge < -0.3 is 14.7 Å². The van der Waals surface area contributed by atoms with E-state index in [0.29, 0.717) is 17.8 Å². The van der Waals surface area contributed by atoms with E-state index in [4.69, 9.17) is 4.74 Å². The molecular formula is C26H39NO4. The van der Waals surface area contributed by atoms with Gasteiger partial charge in [0, 0.05) is 18.9 Å². The molecule has 1 N–H and O–H groups in total. The lowest BCUT2D eigenvalue weighted by atomic mass is 9.56. The van der Waals surface area contributed by atoms with Crippen LogP contribution in [0.2, 0.25) is 0 Å². The van der Waals surface area contributed by atoms with Crippen molar-refractivity contribution in [3.8, 4) is 0 Å². The number of amides is 1. The van der Waals surface area contributed by atoms with E-state index in [2.05, 4.69) is 39.8 Å². The highest BCUT2D eigenvalue weighted by Crippen LogP contribution is 2.57. The molecule has 0 unspecified atom stereocenters. The summed E-state index contributed by atoms with van der Waals surface area (Å²) in [5.41, 5.74) is -0.338. The molecule has 3 fully saturated rings. The third-order valence-corrected chi connectivity index (χ3v) is 9.03. The number of carbonyl (C=O) groups excluding carboxylic acids is 2. The zero-order valence-corrected chi connectivity index (χ0v) is 20.1. The van der Waals surface area contributed by atoms with Crippen molar-refractivity contribution in [2.75, 3.05) is 7.05 Å². The van der Waals surface area contributed by atoms with Crippen LogP contribution >= 0.6 is 0 Å². The normalized spacial score (nSPS) is 47.4. The summed E-state index contributed by atoms with van der Waals surface area (Å²) in [5.74, 6) is 0.829. The van der Waals surface area contributed by atoms with Gasteiger partial charge in [-0.15, -0.1) is 0 Å². The summed E-state index contributed by atoms with van der Waals surface area (Å²) in [5, 5.41) is 11.7. The zero-order valence-electron chi connectivity index (χ0n) is 20.1. The van der Waals surface area contributed by atoms with Crippen LogP contribution in [0.25, 0.3) is 0 Å². The number of nitrogens with zero attached hydrogens (tertiary/aromatic N) is 1. The molecule has 2 aliphatic heterocycles. The van der Waals surface area contributed by atoms with Crippen molar-refractivity contribution in [2.24, 2.45) is 41.4 Å². The molecule has 172 valence electrons. The van der Waals surface area contributed by atoms with E-state index >= 15 is 0 Å². The topological polar surface area (TPSA) is 70.1 Å². The fourth-order valence-electron chi connectivity index (χ4n) is 6.97. The molecular weight excluding hydrogens is 390 g/mol. The molecule has 0 aromatic rings. The lowest BCUT2D eigenvalue weighted by Gasteiger charge is -2.48. The number of aliphatic hydroxyl groups excluding tert-OH is 1. The van der Waals surface area contributed by atoms with Crippen LogP contribution < -0.4 is 0 Å². The number of ether oxygens (including phenoxy) is 1. The first kappa shape index (κ1) is 22.6. The molecule has 0 aromatic carbocycles. The lowest BCUT2D eigenvalue weighted by molar-refractivity contribution is -0.126. The monoisotopic (exact) mass is 429 g/mol. The molecule has 0 aromatic heterocycles. The average Bonchev–Trinajstić information content (AvgIpc) is 3.26. The second-order valence-electron chi connectivity index (χ2n) is 11.0. The van der Waals surface area contributed by atoms with Crippen LogP contribution in [0.4, 0.5) is 0 Å². The molecule has 1 saturated carbocycles. The molecule has 2 saturated heterocycles. The van der Waals surface area contributed by atoms with Crippen molar-refractivity contribution in [1.82, 2.24) is 4.90 Å². The van der Waals surface area contributed by atoms with Gasteiger partial charge in [0.05, 0.1) is 17.7 Å². The maximum absolute atomic E-state index is 13.4. The smallest absolute Gasteiger partial charge is 0.261 e. The van der Waals surface area contributed by atoms with E-state index in [1.54, 1.807) is 7.05 Å². The average molecular weight is 430 g/mol. The molecule has 10 atom stereocenters. The molecule has 1 amide bonds. The minimum atomic E-state index is -0.487. The van der Waals surface area contributed by atoms with Gasteiger partial charge in [0.15, 0.2) is 5.78 Å². The third kappa shape index (κ3) is 3.39. The Balaban J connectivity index is 1.81. The third-order valence-electron chi connectivity index (χ3n) is 9.03. The highest BCUT2D eigenvalue weighted by Gasteiger charge is 2.61. The molecule has 5 nitrogen and oxygen atoms in total. The number of hydrogen-bond donors (Lipinski definition) is 1. The van der Waals surface area contributed by atoms with Crippen molar-refractivity contribution >= 4 is 11.7 Å².